The molecule has 0 unspecified atom stereocenters. The van der Waals surface area contributed by atoms with Gasteiger partial charge < -0.3 is 9.73 Å². The summed E-state index contributed by atoms with van der Waals surface area (Å²) in [5.74, 6) is -2.58. The molecule has 0 bridgehead atoms. The monoisotopic (exact) mass is 805 g/mol. The van der Waals surface area contributed by atoms with Crippen LogP contribution in [0.1, 0.15) is 84.0 Å². The molecule has 2 saturated carbocycles. The summed E-state index contributed by atoms with van der Waals surface area (Å²) in [5.41, 5.74) is 1.29. The van der Waals surface area contributed by atoms with Crippen molar-refractivity contribution in [3.05, 3.63) is 117 Å². The van der Waals surface area contributed by atoms with E-state index in [9.17, 15) is 35.9 Å². The number of nitrogens with zero attached hydrogens (tertiary/aromatic N) is 6. The van der Waals surface area contributed by atoms with Crippen LogP contribution in [0.15, 0.2) is 65.6 Å². The molecule has 2 aliphatic rings. The van der Waals surface area contributed by atoms with Crippen molar-refractivity contribution >= 4 is 34.9 Å². The molecule has 3 aromatic heterocycles. The highest BCUT2D eigenvalue weighted by Crippen LogP contribution is 2.49. The van der Waals surface area contributed by atoms with Gasteiger partial charge in [-0.05, 0) is 73.2 Å². The molecule has 0 atom stereocenters. The number of benzene rings is 2. The second-order valence-electron chi connectivity index (χ2n) is 13.3. The molecule has 1 N–H and O–H groups in total. The second kappa shape index (κ2) is 16.8. The lowest BCUT2D eigenvalue weighted by Crippen LogP contribution is -2.37. The number of amides is 1. The molecule has 7 rings (SSSR count). The zero-order valence-electron chi connectivity index (χ0n) is 28.7. The molecule has 5 aromatic rings. The standard InChI is InChI=1S/C19H17ClF3N3O2.C18H14ClF3N4O/c20-14-3-2-12(21)6-13(14)19(4-1-5-19)7-16-24-8-11(9-25-16)15(27)10-26-18(28)17(22)23;19-13-3-2-11(20)6-12(13)18(4-1-5-18)7-14-23-8-10(9-24-14)16-25-26-17(27-16)15(21)22/h2-3,6,8-9,17H,1,4-5,7,10H2,(H,26,28);2-3,6,8-9,15H,1,4-5,7H2. The molecule has 1 amide bonds. The Morgan fingerprint density at radius 1 is 0.745 bits per heavy atom. The third-order valence-electron chi connectivity index (χ3n) is 9.84. The highest BCUT2D eigenvalue weighted by Gasteiger charge is 2.42. The van der Waals surface area contributed by atoms with Gasteiger partial charge in [0.05, 0.1) is 17.7 Å². The van der Waals surface area contributed by atoms with Crippen molar-refractivity contribution in [2.45, 2.75) is 75.0 Å². The van der Waals surface area contributed by atoms with Crippen molar-refractivity contribution < 1.29 is 40.3 Å². The molecule has 2 aromatic carbocycles. The quantitative estimate of drug-likeness (QED) is 0.0974. The fourth-order valence-electron chi connectivity index (χ4n) is 6.64. The molecule has 2 fully saturated rings. The van der Waals surface area contributed by atoms with Crippen molar-refractivity contribution in [2.24, 2.45) is 0 Å². The maximum atomic E-state index is 13.7. The van der Waals surface area contributed by atoms with Gasteiger partial charge in [0.25, 0.3) is 17.7 Å². The normalized spacial score (nSPS) is 15.5. The van der Waals surface area contributed by atoms with Crippen molar-refractivity contribution in [3.63, 3.8) is 0 Å². The molecule has 55 heavy (non-hydrogen) atoms. The summed E-state index contributed by atoms with van der Waals surface area (Å²) in [6.07, 6.45) is 5.77. The number of hydrogen-bond donors (Lipinski definition) is 1. The zero-order chi connectivity index (χ0) is 39.3. The van der Waals surface area contributed by atoms with E-state index in [4.69, 9.17) is 27.6 Å². The van der Waals surface area contributed by atoms with E-state index < -0.39 is 37.0 Å². The van der Waals surface area contributed by atoms with Crippen LogP contribution in [0.4, 0.5) is 26.3 Å². The van der Waals surface area contributed by atoms with E-state index in [-0.39, 0.29) is 33.9 Å². The van der Waals surface area contributed by atoms with E-state index in [0.29, 0.717) is 40.1 Å². The molecule has 10 nitrogen and oxygen atoms in total. The van der Waals surface area contributed by atoms with Crippen LogP contribution in [0.25, 0.3) is 11.5 Å². The van der Waals surface area contributed by atoms with Gasteiger partial charge in [-0.2, -0.15) is 17.6 Å². The lowest BCUT2D eigenvalue weighted by Gasteiger charge is -2.42. The van der Waals surface area contributed by atoms with Crippen LogP contribution in [0.3, 0.4) is 0 Å². The maximum absolute atomic E-state index is 13.7. The van der Waals surface area contributed by atoms with Crippen LogP contribution in [-0.2, 0) is 28.5 Å². The van der Waals surface area contributed by atoms with Crippen molar-refractivity contribution in [3.8, 4) is 11.5 Å². The molecule has 0 saturated heterocycles. The van der Waals surface area contributed by atoms with E-state index in [2.05, 4.69) is 30.1 Å². The summed E-state index contributed by atoms with van der Waals surface area (Å²) in [5, 5.41) is 9.71. The van der Waals surface area contributed by atoms with Gasteiger partial charge in [-0.1, -0.05) is 36.0 Å². The number of alkyl halides is 4. The van der Waals surface area contributed by atoms with Crippen LogP contribution in [0.2, 0.25) is 10.0 Å². The summed E-state index contributed by atoms with van der Waals surface area (Å²) in [7, 11) is 0. The number of Topliss-reactive ketones (excluding diaryl/α,β-unsaturated/α-hetero) is 1. The maximum Gasteiger partial charge on any atom is 0.315 e. The minimum Gasteiger partial charge on any atom is -0.415 e. The molecule has 0 aliphatic heterocycles. The zero-order valence-corrected chi connectivity index (χ0v) is 30.2. The van der Waals surface area contributed by atoms with Crippen molar-refractivity contribution in [1.82, 2.24) is 35.5 Å². The van der Waals surface area contributed by atoms with E-state index in [1.165, 1.54) is 55.1 Å². The molecule has 18 heteroatoms. The van der Waals surface area contributed by atoms with Crippen LogP contribution >= 0.6 is 23.2 Å². The Balaban J connectivity index is 0.000000187. The SMILES string of the molecule is Fc1ccc(Cl)c(C2(Cc3ncc(-c4nnc(C(F)F)o4)cn3)CCC2)c1.O=C(CNC(=O)C(F)F)c1cnc(CC2(c3cc(F)ccc3Cl)CCC2)nc1. The average Bonchev–Trinajstić information content (AvgIpc) is 3.64. The number of rotatable bonds is 12. The van der Waals surface area contributed by atoms with Crippen LogP contribution in [0.5, 0.6) is 0 Å². The average molecular weight is 807 g/mol. The van der Waals surface area contributed by atoms with Crippen molar-refractivity contribution in [2.75, 3.05) is 6.54 Å². The predicted octanol–water partition coefficient (Wildman–Crippen LogP) is 8.42. The minimum absolute atomic E-state index is 0.0663. The Labute approximate surface area is 320 Å². The van der Waals surface area contributed by atoms with Gasteiger partial charge in [0.2, 0.25) is 0 Å². The van der Waals surface area contributed by atoms with Gasteiger partial charge >= 0.3 is 12.9 Å². The minimum atomic E-state index is -3.18. The summed E-state index contributed by atoms with van der Waals surface area (Å²) in [6, 6.07) is 8.64. The van der Waals surface area contributed by atoms with E-state index in [1.807, 2.05) is 5.32 Å². The first kappa shape index (κ1) is 39.7. The molecule has 0 radical (unpaired) electrons. The number of carbonyl (C=O) groups excluding carboxylic acids is 2. The first-order valence-electron chi connectivity index (χ1n) is 17.0. The van der Waals surface area contributed by atoms with Crippen LogP contribution < -0.4 is 5.32 Å². The number of carbonyl (C=O) groups is 2. The van der Waals surface area contributed by atoms with Gasteiger partial charge in [0, 0.05) is 58.5 Å². The smallest absolute Gasteiger partial charge is 0.315 e. The van der Waals surface area contributed by atoms with Crippen LogP contribution in [0, 0.1) is 11.6 Å². The summed E-state index contributed by atoms with van der Waals surface area (Å²) in [4.78, 5) is 39.7. The van der Waals surface area contributed by atoms with E-state index in [0.717, 1.165) is 49.7 Å². The lowest BCUT2D eigenvalue weighted by molar-refractivity contribution is -0.131. The van der Waals surface area contributed by atoms with Gasteiger partial charge in [-0.3, -0.25) is 9.59 Å². The van der Waals surface area contributed by atoms with Gasteiger partial charge in [-0.25, -0.2) is 28.7 Å². The fourth-order valence-corrected chi connectivity index (χ4v) is 7.27. The lowest BCUT2D eigenvalue weighted by atomic mass is 9.62. The second-order valence-corrected chi connectivity index (χ2v) is 14.1. The third kappa shape index (κ3) is 9.13. The molecule has 2 aliphatic carbocycles. The molecular formula is C37H31Cl2F6N7O3. The van der Waals surface area contributed by atoms with Crippen LogP contribution in [-0.4, -0.2) is 54.8 Å². The van der Waals surface area contributed by atoms with E-state index in [1.54, 1.807) is 6.07 Å². The largest absolute Gasteiger partial charge is 0.415 e. The Kier molecular flexibility index (Phi) is 12.1. The van der Waals surface area contributed by atoms with Gasteiger partial charge in [0.1, 0.15) is 23.3 Å². The Morgan fingerprint density at radius 3 is 1.65 bits per heavy atom. The number of halogens is 8. The highest BCUT2D eigenvalue weighted by atomic mass is 35.5. The fraction of sp³-hybridized carbons (Fsp3) is 0.351. The highest BCUT2D eigenvalue weighted by molar-refractivity contribution is 6.31. The first-order valence-corrected chi connectivity index (χ1v) is 17.8. The summed E-state index contributed by atoms with van der Waals surface area (Å²) >= 11 is 12.6. The summed E-state index contributed by atoms with van der Waals surface area (Å²) < 4.78 is 81.7. The number of ketones is 1. The topological polar surface area (TPSA) is 137 Å². The third-order valence-corrected chi connectivity index (χ3v) is 10.5. The van der Waals surface area contributed by atoms with Gasteiger partial charge in [0.15, 0.2) is 5.78 Å². The predicted molar refractivity (Wildman–Crippen MR) is 187 cm³/mol. The number of aromatic nitrogens is 6. The van der Waals surface area contributed by atoms with E-state index >= 15 is 0 Å². The Bertz CT molecular complexity index is 2150. The van der Waals surface area contributed by atoms with Crippen molar-refractivity contribution in [1.29, 1.82) is 0 Å². The van der Waals surface area contributed by atoms with Gasteiger partial charge in [-0.15, -0.1) is 10.2 Å². The Morgan fingerprint density at radius 2 is 1.24 bits per heavy atom. The molecular weight excluding hydrogens is 775 g/mol. The molecule has 288 valence electrons. The number of hydrogen-bond acceptors (Lipinski definition) is 9. The number of nitrogens with one attached hydrogen (secondary N) is 1. The Hall–Kier alpha value is -4.96. The first-order chi connectivity index (χ1) is 26.3. The molecule has 3 heterocycles. The molecule has 0 spiro atoms. The summed E-state index contributed by atoms with van der Waals surface area (Å²) in [6.45, 7) is -0.561.